The van der Waals surface area contributed by atoms with Crippen LogP contribution in [0.1, 0.15) is 53.4 Å². The maximum atomic E-state index is 5.10. The lowest BCUT2D eigenvalue weighted by atomic mass is 9.72. The van der Waals surface area contributed by atoms with Crippen molar-refractivity contribution in [2.75, 3.05) is 7.05 Å². The third-order valence-electron chi connectivity index (χ3n) is 9.77. The summed E-state index contributed by atoms with van der Waals surface area (Å²) < 4.78 is 4.27. The highest BCUT2D eigenvalue weighted by molar-refractivity contribution is 5.83. The van der Waals surface area contributed by atoms with Gasteiger partial charge >= 0.3 is 6.01 Å². The Bertz CT molecular complexity index is 2220. The van der Waals surface area contributed by atoms with Gasteiger partial charge < -0.3 is 0 Å². The van der Waals surface area contributed by atoms with Crippen molar-refractivity contribution in [3.05, 3.63) is 161 Å². The minimum absolute atomic E-state index is 0.824. The Morgan fingerprint density at radius 1 is 0.600 bits per heavy atom. The van der Waals surface area contributed by atoms with E-state index in [4.69, 9.17) is 19.9 Å². The predicted molar refractivity (Wildman–Crippen MR) is 169 cm³/mol. The van der Waals surface area contributed by atoms with Crippen LogP contribution in [-0.2, 0) is 11.0 Å². The number of hydrogen-bond donors (Lipinski definition) is 1. The molecule has 6 aromatic rings. The van der Waals surface area contributed by atoms with Crippen molar-refractivity contribution in [1.82, 2.24) is 30.1 Å². The lowest BCUT2D eigenvalue weighted by Gasteiger charge is -2.31. The Morgan fingerprint density at radius 3 is 1.64 bits per heavy atom. The molecule has 45 heavy (non-hydrogen) atoms. The van der Waals surface area contributed by atoms with Gasteiger partial charge in [-0.1, -0.05) is 51.6 Å². The Labute approximate surface area is 259 Å². The van der Waals surface area contributed by atoms with Crippen LogP contribution in [0.2, 0.25) is 0 Å². The van der Waals surface area contributed by atoms with Crippen LogP contribution in [0.5, 0.6) is 0 Å². The van der Waals surface area contributed by atoms with Gasteiger partial charge in [0.2, 0.25) is 0 Å². The highest BCUT2D eigenvalue weighted by Gasteiger charge is 2.61. The minimum Gasteiger partial charge on any atom is -0.281 e. The van der Waals surface area contributed by atoms with Gasteiger partial charge in [0.05, 0.1) is 17.1 Å². The van der Waals surface area contributed by atoms with E-state index >= 15 is 0 Å². The number of nitrogens with one attached hydrogen (secondary N) is 1. The van der Waals surface area contributed by atoms with E-state index in [-0.39, 0.29) is 0 Å². The standard InChI is InChI=1S/C37H28N8/c1-23-24(2)45(22-44(23)3)37(34-29(13-7-18-40-34)30-14-8-19-41-35(30)37)26-10-4-9-25(21-26)36(31-15-20-42-43-31)32-27(11-5-16-38-32)28-12-6-17-39-33(28)36/h4-21H,1-3H3,(H,42,43)/q+2. The van der Waals surface area contributed by atoms with Crippen LogP contribution in [0.15, 0.2) is 121 Å². The van der Waals surface area contributed by atoms with Crippen LogP contribution in [0.3, 0.4) is 0 Å². The molecule has 0 unspecified atom stereocenters. The fourth-order valence-electron chi connectivity index (χ4n) is 7.66. The zero-order chi connectivity index (χ0) is 30.3. The summed E-state index contributed by atoms with van der Waals surface area (Å²) in [6.07, 6.45) is 9.26. The molecule has 0 saturated heterocycles. The van der Waals surface area contributed by atoms with E-state index in [0.717, 1.165) is 73.2 Å². The van der Waals surface area contributed by atoms with Crippen LogP contribution in [-0.4, -0.2) is 52.3 Å². The largest absolute Gasteiger partial charge is 0.490 e. The van der Waals surface area contributed by atoms with Gasteiger partial charge in [0, 0.05) is 72.6 Å². The third-order valence-corrected chi connectivity index (χ3v) is 9.77. The molecule has 1 aliphatic heterocycles. The summed E-state index contributed by atoms with van der Waals surface area (Å²) >= 11 is 0. The number of hydrogen-bond acceptors (Lipinski definition) is 5. The lowest BCUT2D eigenvalue weighted by molar-refractivity contribution is -0.549. The summed E-state index contributed by atoms with van der Waals surface area (Å²) in [6, 6.07) is 31.0. The maximum Gasteiger partial charge on any atom is 0.490 e. The maximum absolute atomic E-state index is 5.10. The molecule has 0 fully saturated rings. The molecule has 9 rings (SSSR count). The number of benzene rings is 1. The Kier molecular flexibility index (Phi) is 5.17. The molecule has 0 atom stereocenters. The number of rotatable bonds is 4. The molecule has 214 valence electrons. The van der Waals surface area contributed by atoms with Gasteiger partial charge in [-0.3, -0.25) is 25.0 Å². The van der Waals surface area contributed by atoms with Gasteiger partial charge in [-0.25, -0.2) is 0 Å². The lowest BCUT2D eigenvalue weighted by Crippen LogP contribution is -2.41. The molecule has 0 spiro atoms. The molecule has 6 heterocycles. The molecule has 1 N–H and O–H groups in total. The summed E-state index contributed by atoms with van der Waals surface area (Å²) in [6.45, 7) is 4.27. The quantitative estimate of drug-likeness (QED) is 0.268. The van der Waals surface area contributed by atoms with E-state index in [1.54, 1.807) is 6.20 Å². The van der Waals surface area contributed by atoms with Crippen molar-refractivity contribution in [3.63, 3.8) is 0 Å². The molecule has 3 aliphatic rings. The zero-order valence-electron chi connectivity index (χ0n) is 25.0. The first kappa shape index (κ1) is 25.6. The fourth-order valence-corrected chi connectivity index (χ4v) is 7.66. The monoisotopic (exact) mass is 584 g/mol. The number of fused-ring (bicyclic) bond motifs is 6. The van der Waals surface area contributed by atoms with Crippen LogP contribution in [0.4, 0.5) is 0 Å². The number of pyridine rings is 4. The Hall–Kier alpha value is -5.85. The molecule has 2 aliphatic carbocycles. The molecule has 0 bridgehead atoms. The second kappa shape index (κ2) is 9.08. The molecular weight excluding hydrogens is 556 g/mol. The van der Waals surface area contributed by atoms with Crippen molar-refractivity contribution in [2.24, 2.45) is 0 Å². The third kappa shape index (κ3) is 3.08. The van der Waals surface area contributed by atoms with Gasteiger partial charge in [0.25, 0.3) is 16.9 Å². The van der Waals surface area contributed by atoms with E-state index < -0.39 is 11.0 Å². The summed E-state index contributed by atoms with van der Waals surface area (Å²) in [5, 5.41) is 7.73. The second-order valence-corrected chi connectivity index (χ2v) is 11.8. The average Bonchev–Trinajstić information content (AvgIpc) is 3.85. The predicted octanol–water partition coefficient (Wildman–Crippen LogP) is 5.72. The van der Waals surface area contributed by atoms with Crippen molar-refractivity contribution < 1.29 is 9.15 Å². The summed E-state index contributed by atoms with van der Waals surface area (Å²) in [4.78, 5) is 20.3. The highest BCUT2D eigenvalue weighted by atomic mass is 15.2. The van der Waals surface area contributed by atoms with Gasteiger partial charge in [0.15, 0.2) is 7.05 Å². The van der Waals surface area contributed by atoms with E-state index in [1.165, 1.54) is 0 Å². The number of allylic oxidation sites excluding steroid dienone is 2. The summed E-state index contributed by atoms with van der Waals surface area (Å²) in [5.41, 5.74) is 11.4. The molecule has 0 amide bonds. The first-order chi connectivity index (χ1) is 22.1. The van der Waals surface area contributed by atoms with Crippen molar-refractivity contribution >= 4 is 6.01 Å². The highest BCUT2D eigenvalue weighted by Crippen LogP contribution is 2.56. The van der Waals surface area contributed by atoms with Crippen LogP contribution in [0, 0.1) is 0 Å². The van der Waals surface area contributed by atoms with Gasteiger partial charge in [-0.2, -0.15) is 5.10 Å². The van der Waals surface area contributed by atoms with Gasteiger partial charge in [-0.15, -0.1) is 0 Å². The molecule has 5 aromatic heterocycles. The van der Waals surface area contributed by atoms with E-state index in [9.17, 15) is 0 Å². The number of aromatic amines is 1. The minimum atomic E-state index is -0.882. The van der Waals surface area contributed by atoms with E-state index in [0.29, 0.717) is 0 Å². The molecule has 8 nitrogen and oxygen atoms in total. The molecule has 0 saturated carbocycles. The normalized spacial score (nSPS) is 16.5. The van der Waals surface area contributed by atoms with Gasteiger partial charge in [-0.05, 0) is 42.0 Å². The Balaban J connectivity index is 1.42. The SMILES string of the molecule is CC1=C(C)[N+](C2(c3cccc(C4(c5ccn[nH]5)c5ncccc5-c5cccnc54)c3)c3ncccc3-c3cccnc32)=C=[N+]1C. The first-order valence-electron chi connectivity index (χ1n) is 15.0. The van der Waals surface area contributed by atoms with Crippen molar-refractivity contribution in [1.29, 1.82) is 0 Å². The molecule has 8 heteroatoms. The van der Waals surface area contributed by atoms with Crippen LogP contribution in [0.25, 0.3) is 22.3 Å². The number of nitrogens with zero attached hydrogens (tertiary/aromatic N) is 7. The molecular formula is C37H28N8+2. The molecule has 0 radical (unpaired) electrons. The second-order valence-electron chi connectivity index (χ2n) is 11.8. The Morgan fingerprint density at radius 2 is 1.13 bits per heavy atom. The van der Waals surface area contributed by atoms with Crippen LogP contribution >= 0.6 is 0 Å². The van der Waals surface area contributed by atoms with E-state index in [1.807, 2.05) is 66.7 Å². The first-order valence-corrected chi connectivity index (χ1v) is 15.0. The van der Waals surface area contributed by atoms with Crippen molar-refractivity contribution in [3.8, 4) is 22.3 Å². The summed E-state index contributed by atoms with van der Waals surface area (Å²) in [5.74, 6) is 0. The van der Waals surface area contributed by atoms with Crippen LogP contribution < -0.4 is 0 Å². The topological polar surface area (TPSA) is 86.3 Å². The zero-order valence-corrected chi connectivity index (χ0v) is 25.0. The number of H-pyrrole nitrogens is 1. The average molecular weight is 585 g/mol. The smallest absolute Gasteiger partial charge is 0.281 e. The number of aromatic nitrogens is 6. The molecule has 1 aromatic carbocycles. The summed E-state index contributed by atoms with van der Waals surface area (Å²) in [7, 11) is 2.04. The fraction of sp³-hybridized carbons (Fsp3) is 0.135. The van der Waals surface area contributed by atoms with E-state index in [2.05, 4.69) is 83.2 Å². The van der Waals surface area contributed by atoms with Gasteiger partial charge in [0.1, 0.15) is 16.8 Å². The van der Waals surface area contributed by atoms with Crippen molar-refractivity contribution in [2.45, 2.75) is 24.8 Å².